The number of aryl methyl sites for hydroxylation is 1. The average Bonchev–Trinajstić information content (AvgIpc) is 2.05. The van der Waals surface area contributed by atoms with Gasteiger partial charge in [0.15, 0.2) is 0 Å². The van der Waals surface area contributed by atoms with Crippen LogP contribution in [0.15, 0.2) is 18.2 Å². The van der Waals surface area contributed by atoms with Crippen molar-refractivity contribution >= 4 is 0 Å². The number of benzene rings is 1. The van der Waals surface area contributed by atoms with Crippen molar-refractivity contribution in [2.75, 3.05) is 0 Å². The summed E-state index contributed by atoms with van der Waals surface area (Å²) in [5.41, 5.74) is 1.71. The van der Waals surface area contributed by atoms with Crippen LogP contribution in [-0.2, 0) is 13.0 Å². The lowest BCUT2D eigenvalue weighted by atomic mass is 10.1. The molecule has 0 aliphatic carbocycles. The lowest BCUT2D eigenvalue weighted by Gasteiger charge is -2.03. The predicted molar refractivity (Wildman–Crippen MR) is 48.0 cm³/mol. The van der Waals surface area contributed by atoms with Crippen LogP contribution in [0.4, 0.5) is 0 Å². The maximum absolute atomic E-state index is 9.36. The lowest BCUT2D eigenvalue weighted by Crippen LogP contribution is -1.87. The first kappa shape index (κ1) is 9.07. The van der Waals surface area contributed by atoms with Crippen molar-refractivity contribution in [3.05, 3.63) is 29.3 Å². The van der Waals surface area contributed by atoms with E-state index in [2.05, 4.69) is 6.92 Å². The molecular formula is C10H14O2. The minimum absolute atomic E-state index is 0.0990. The van der Waals surface area contributed by atoms with E-state index in [9.17, 15) is 5.11 Å². The van der Waals surface area contributed by atoms with Gasteiger partial charge in [-0.15, -0.1) is 0 Å². The number of aromatic hydroxyl groups is 1. The first-order valence-electron chi connectivity index (χ1n) is 4.19. The van der Waals surface area contributed by atoms with E-state index in [1.165, 1.54) is 0 Å². The predicted octanol–water partition coefficient (Wildman–Crippen LogP) is 1.84. The van der Waals surface area contributed by atoms with E-state index < -0.39 is 0 Å². The highest BCUT2D eigenvalue weighted by atomic mass is 16.3. The van der Waals surface area contributed by atoms with Gasteiger partial charge in [-0.25, -0.2) is 0 Å². The van der Waals surface area contributed by atoms with Crippen molar-refractivity contribution in [3.63, 3.8) is 0 Å². The highest BCUT2D eigenvalue weighted by Crippen LogP contribution is 2.19. The average molecular weight is 166 g/mol. The van der Waals surface area contributed by atoms with Crippen molar-refractivity contribution in [3.8, 4) is 5.75 Å². The molecule has 0 saturated carbocycles. The summed E-state index contributed by atoms with van der Waals surface area (Å²) in [5, 5.41) is 18.1. The third-order valence-electron chi connectivity index (χ3n) is 1.86. The Bertz CT molecular complexity index is 256. The van der Waals surface area contributed by atoms with Gasteiger partial charge >= 0.3 is 0 Å². The second-order valence-corrected chi connectivity index (χ2v) is 2.87. The zero-order valence-electron chi connectivity index (χ0n) is 7.25. The number of phenols is 1. The SMILES string of the molecule is CCCc1ccc(CO)c(O)c1. The molecule has 0 unspecified atom stereocenters. The molecule has 2 nitrogen and oxygen atoms in total. The number of hydrogen-bond donors (Lipinski definition) is 2. The van der Waals surface area contributed by atoms with Crippen molar-refractivity contribution in [1.29, 1.82) is 0 Å². The summed E-state index contributed by atoms with van der Waals surface area (Å²) in [6.45, 7) is 2.00. The fraction of sp³-hybridized carbons (Fsp3) is 0.400. The van der Waals surface area contributed by atoms with E-state index in [-0.39, 0.29) is 12.4 Å². The standard InChI is InChI=1S/C10H14O2/c1-2-3-8-4-5-9(7-11)10(12)6-8/h4-6,11-12H,2-3,7H2,1H3. The minimum Gasteiger partial charge on any atom is -0.508 e. The van der Waals surface area contributed by atoms with Gasteiger partial charge in [-0.05, 0) is 18.1 Å². The first-order valence-corrected chi connectivity index (χ1v) is 4.19. The summed E-state index contributed by atoms with van der Waals surface area (Å²) in [6.07, 6.45) is 2.04. The van der Waals surface area contributed by atoms with Gasteiger partial charge in [0, 0.05) is 5.56 Å². The summed E-state index contributed by atoms with van der Waals surface area (Å²) < 4.78 is 0. The van der Waals surface area contributed by atoms with Crippen LogP contribution in [0.2, 0.25) is 0 Å². The van der Waals surface area contributed by atoms with Crippen molar-refractivity contribution in [2.24, 2.45) is 0 Å². The van der Waals surface area contributed by atoms with Crippen molar-refractivity contribution < 1.29 is 10.2 Å². The Labute approximate surface area is 72.5 Å². The Morgan fingerprint density at radius 3 is 2.58 bits per heavy atom. The van der Waals surface area contributed by atoms with E-state index in [0.29, 0.717) is 5.56 Å². The van der Waals surface area contributed by atoms with E-state index in [4.69, 9.17) is 5.11 Å². The number of aliphatic hydroxyl groups is 1. The van der Waals surface area contributed by atoms with Crippen LogP contribution in [0.5, 0.6) is 5.75 Å². The largest absolute Gasteiger partial charge is 0.508 e. The number of aliphatic hydroxyl groups excluding tert-OH is 1. The Morgan fingerprint density at radius 2 is 2.08 bits per heavy atom. The fourth-order valence-corrected chi connectivity index (χ4v) is 1.19. The topological polar surface area (TPSA) is 40.5 Å². The molecule has 1 aromatic rings. The molecule has 0 heterocycles. The number of rotatable bonds is 3. The van der Waals surface area contributed by atoms with Crippen LogP contribution < -0.4 is 0 Å². The van der Waals surface area contributed by atoms with Crippen LogP contribution in [0.1, 0.15) is 24.5 Å². The molecule has 0 aromatic heterocycles. The molecule has 12 heavy (non-hydrogen) atoms. The molecule has 2 heteroatoms. The van der Waals surface area contributed by atoms with Crippen LogP contribution in [0.25, 0.3) is 0 Å². The van der Waals surface area contributed by atoms with Crippen molar-refractivity contribution in [2.45, 2.75) is 26.4 Å². The Kier molecular flexibility index (Phi) is 3.11. The van der Waals surface area contributed by atoms with Crippen LogP contribution >= 0.6 is 0 Å². The van der Waals surface area contributed by atoms with Gasteiger partial charge in [0.05, 0.1) is 6.61 Å². The van der Waals surface area contributed by atoms with Gasteiger partial charge in [0.1, 0.15) is 5.75 Å². The molecule has 0 aliphatic heterocycles. The molecule has 1 aromatic carbocycles. The lowest BCUT2D eigenvalue weighted by molar-refractivity contribution is 0.275. The summed E-state index contributed by atoms with van der Waals surface area (Å²) in [6, 6.07) is 5.42. The molecule has 0 amide bonds. The van der Waals surface area contributed by atoms with Crippen molar-refractivity contribution in [1.82, 2.24) is 0 Å². The Morgan fingerprint density at radius 1 is 1.33 bits per heavy atom. The number of hydrogen-bond acceptors (Lipinski definition) is 2. The van der Waals surface area contributed by atoms with Gasteiger partial charge in [-0.1, -0.05) is 25.5 Å². The molecular weight excluding hydrogens is 152 g/mol. The summed E-state index contributed by atoms with van der Waals surface area (Å²) in [7, 11) is 0. The van der Waals surface area contributed by atoms with E-state index in [1.54, 1.807) is 12.1 Å². The van der Waals surface area contributed by atoms with Crippen LogP contribution in [-0.4, -0.2) is 10.2 Å². The molecule has 2 N–H and O–H groups in total. The third-order valence-corrected chi connectivity index (χ3v) is 1.86. The molecule has 66 valence electrons. The van der Waals surface area contributed by atoms with Crippen LogP contribution in [0, 0.1) is 0 Å². The highest BCUT2D eigenvalue weighted by molar-refractivity contribution is 5.35. The Balaban J connectivity index is 2.86. The highest BCUT2D eigenvalue weighted by Gasteiger charge is 1.99. The monoisotopic (exact) mass is 166 g/mol. The zero-order valence-corrected chi connectivity index (χ0v) is 7.25. The smallest absolute Gasteiger partial charge is 0.121 e. The summed E-state index contributed by atoms with van der Waals surface area (Å²) >= 11 is 0. The van der Waals surface area contributed by atoms with Gasteiger partial charge in [-0.2, -0.15) is 0 Å². The summed E-state index contributed by atoms with van der Waals surface area (Å²) in [5.74, 6) is 0.198. The molecule has 0 atom stereocenters. The third kappa shape index (κ3) is 1.98. The second-order valence-electron chi connectivity index (χ2n) is 2.87. The van der Waals surface area contributed by atoms with Gasteiger partial charge in [0.25, 0.3) is 0 Å². The van der Waals surface area contributed by atoms with E-state index in [0.717, 1.165) is 18.4 Å². The molecule has 0 radical (unpaired) electrons. The second kappa shape index (κ2) is 4.12. The zero-order chi connectivity index (χ0) is 8.97. The van der Waals surface area contributed by atoms with E-state index >= 15 is 0 Å². The molecule has 1 rings (SSSR count). The van der Waals surface area contributed by atoms with Crippen LogP contribution in [0.3, 0.4) is 0 Å². The molecule has 0 fully saturated rings. The maximum atomic E-state index is 9.36. The van der Waals surface area contributed by atoms with Gasteiger partial charge in [0.2, 0.25) is 0 Å². The molecule has 0 aliphatic rings. The van der Waals surface area contributed by atoms with Gasteiger partial charge in [-0.3, -0.25) is 0 Å². The quantitative estimate of drug-likeness (QED) is 0.719. The minimum atomic E-state index is -0.0990. The molecule has 0 spiro atoms. The maximum Gasteiger partial charge on any atom is 0.121 e. The summed E-state index contributed by atoms with van der Waals surface area (Å²) in [4.78, 5) is 0. The van der Waals surface area contributed by atoms with Gasteiger partial charge < -0.3 is 10.2 Å². The molecule has 0 saturated heterocycles. The van der Waals surface area contributed by atoms with E-state index in [1.807, 2.05) is 6.07 Å². The molecule has 0 bridgehead atoms. The first-order chi connectivity index (χ1) is 5.77. The fourth-order valence-electron chi connectivity index (χ4n) is 1.19. The Hall–Kier alpha value is -1.02. The normalized spacial score (nSPS) is 10.2.